The Labute approximate surface area is 195 Å². The van der Waals surface area contributed by atoms with Crippen molar-refractivity contribution in [3.63, 3.8) is 0 Å². The minimum atomic E-state index is -5.02. The third-order valence-corrected chi connectivity index (χ3v) is 5.50. The largest absolute Gasteiger partial charge is 0.416 e. The summed E-state index contributed by atoms with van der Waals surface area (Å²) in [6, 6.07) is 4.39. The first kappa shape index (κ1) is 24.5. The molecule has 1 amide bonds. The first-order valence-corrected chi connectivity index (χ1v) is 10.6. The van der Waals surface area contributed by atoms with Crippen LogP contribution < -0.4 is 4.90 Å². The van der Waals surface area contributed by atoms with Crippen molar-refractivity contribution in [1.82, 2.24) is 20.0 Å². The van der Waals surface area contributed by atoms with Crippen molar-refractivity contribution in [3.8, 4) is 11.4 Å². The third-order valence-electron chi connectivity index (χ3n) is 5.50. The van der Waals surface area contributed by atoms with E-state index in [-0.39, 0.29) is 19.2 Å². The van der Waals surface area contributed by atoms with E-state index >= 15 is 0 Å². The van der Waals surface area contributed by atoms with Crippen molar-refractivity contribution in [2.45, 2.75) is 25.7 Å². The van der Waals surface area contributed by atoms with Gasteiger partial charge in [0.1, 0.15) is 5.82 Å². The van der Waals surface area contributed by atoms with Crippen LogP contribution in [0.25, 0.3) is 11.4 Å². The van der Waals surface area contributed by atoms with Gasteiger partial charge in [0.05, 0.1) is 11.1 Å². The van der Waals surface area contributed by atoms with E-state index in [9.17, 15) is 31.1 Å². The summed E-state index contributed by atoms with van der Waals surface area (Å²) in [5, 5.41) is 3.88. The number of nitrogens with zero attached hydrogens (tertiary/aromatic N) is 5. The Morgan fingerprint density at radius 1 is 0.971 bits per heavy atom. The molecule has 35 heavy (non-hydrogen) atoms. The monoisotopic (exact) mass is 499 g/mol. The van der Waals surface area contributed by atoms with Crippen LogP contribution in [0.4, 0.5) is 32.2 Å². The molecule has 0 spiro atoms. The quantitative estimate of drug-likeness (QED) is 0.485. The highest BCUT2D eigenvalue weighted by Crippen LogP contribution is 2.36. The number of carbonyl (C=O) groups excluding carboxylic acids is 1. The molecule has 0 N–H and O–H groups in total. The molecule has 0 aliphatic carbocycles. The van der Waals surface area contributed by atoms with Crippen LogP contribution in [0.1, 0.15) is 34.3 Å². The summed E-state index contributed by atoms with van der Waals surface area (Å²) in [7, 11) is 0. The van der Waals surface area contributed by atoms with Crippen LogP contribution in [-0.2, 0) is 18.8 Å². The lowest BCUT2D eigenvalue weighted by atomic mass is 10.0. The van der Waals surface area contributed by atoms with Gasteiger partial charge in [-0.1, -0.05) is 12.1 Å². The Hall–Kier alpha value is -3.64. The van der Waals surface area contributed by atoms with E-state index in [4.69, 9.17) is 4.52 Å². The second-order valence-corrected chi connectivity index (χ2v) is 7.84. The minimum Gasteiger partial charge on any atom is -0.353 e. The van der Waals surface area contributed by atoms with Crippen LogP contribution in [-0.4, -0.2) is 52.1 Å². The molecule has 3 heterocycles. The molecular weight excluding hydrogens is 480 g/mol. The zero-order valence-electron chi connectivity index (χ0n) is 18.3. The first-order valence-electron chi connectivity index (χ1n) is 10.6. The van der Waals surface area contributed by atoms with E-state index in [1.165, 1.54) is 4.90 Å². The predicted molar refractivity (Wildman–Crippen MR) is 111 cm³/mol. The summed E-state index contributed by atoms with van der Waals surface area (Å²) in [4.78, 5) is 24.4. The summed E-state index contributed by atoms with van der Waals surface area (Å²) in [5.74, 6) is 0.593. The van der Waals surface area contributed by atoms with Crippen molar-refractivity contribution in [3.05, 3.63) is 59.1 Å². The number of aryl methyl sites for hydroxylation is 1. The number of pyridine rings is 1. The number of alkyl halides is 6. The van der Waals surface area contributed by atoms with E-state index in [2.05, 4.69) is 15.1 Å². The van der Waals surface area contributed by atoms with Gasteiger partial charge in [-0.15, -0.1) is 0 Å². The summed E-state index contributed by atoms with van der Waals surface area (Å²) < 4.78 is 83.8. The maximum absolute atomic E-state index is 13.1. The number of piperazine rings is 1. The van der Waals surface area contributed by atoms with Gasteiger partial charge in [0, 0.05) is 49.9 Å². The molecule has 0 saturated carbocycles. The van der Waals surface area contributed by atoms with Gasteiger partial charge in [-0.25, -0.2) is 4.98 Å². The number of amides is 1. The molecule has 0 radical (unpaired) electrons. The first-order chi connectivity index (χ1) is 16.5. The van der Waals surface area contributed by atoms with E-state index < -0.39 is 35.0 Å². The fourth-order valence-electron chi connectivity index (χ4n) is 3.62. The average molecular weight is 499 g/mol. The second kappa shape index (κ2) is 9.19. The number of halogens is 6. The highest BCUT2D eigenvalue weighted by atomic mass is 19.4. The number of benzene rings is 1. The molecule has 2 aromatic heterocycles. The molecule has 1 fully saturated rings. The van der Waals surface area contributed by atoms with Crippen LogP contribution in [0.3, 0.4) is 0 Å². The van der Waals surface area contributed by atoms with Crippen molar-refractivity contribution < 1.29 is 35.7 Å². The van der Waals surface area contributed by atoms with Crippen LogP contribution in [0.2, 0.25) is 0 Å². The maximum Gasteiger partial charge on any atom is 0.416 e. The van der Waals surface area contributed by atoms with Crippen molar-refractivity contribution >= 4 is 11.7 Å². The Morgan fingerprint density at radius 3 is 2.09 bits per heavy atom. The topological polar surface area (TPSA) is 75.4 Å². The highest BCUT2D eigenvalue weighted by Gasteiger charge is 2.38. The van der Waals surface area contributed by atoms with Gasteiger partial charge in [0.15, 0.2) is 0 Å². The molecule has 1 aromatic carbocycles. The van der Waals surface area contributed by atoms with Crippen molar-refractivity contribution in [2.75, 3.05) is 31.1 Å². The maximum atomic E-state index is 13.1. The van der Waals surface area contributed by atoms with Gasteiger partial charge in [-0.05, 0) is 30.3 Å². The van der Waals surface area contributed by atoms with Crippen LogP contribution >= 0.6 is 0 Å². The molecular formula is C22H19F6N5O2. The molecule has 1 aliphatic heterocycles. The third kappa shape index (κ3) is 5.38. The molecule has 7 nitrogen and oxygen atoms in total. The summed E-state index contributed by atoms with van der Waals surface area (Å²) in [6.07, 6.45) is -7.88. The predicted octanol–water partition coefficient (Wildman–Crippen LogP) is 4.69. The van der Waals surface area contributed by atoms with Gasteiger partial charge < -0.3 is 14.3 Å². The molecule has 1 saturated heterocycles. The van der Waals surface area contributed by atoms with Crippen LogP contribution in [0, 0.1) is 0 Å². The normalized spacial score (nSPS) is 14.9. The van der Waals surface area contributed by atoms with Gasteiger partial charge in [-0.3, -0.25) is 4.79 Å². The van der Waals surface area contributed by atoms with Gasteiger partial charge >= 0.3 is 12.4 Å². The van der Waals surface area contributed by atoms with Gasteiger partial charge in [-0.2, -0.15) is 31.3 Å². The lowest BCUT2D eigenvalue weighted by Gasteiger charge is -2.35. The summed E-state index contributed by atoms with van der Waals surface area (Å²) in [5.41, 5.74) is -3.05. The lowest BCUT2D eigenvalue weighted by molar-refractivity contribution is -0.143. The van der Waals surface area contributed by atoms with Crippen molar-refractivity contribution in [1.29, 1.82) is 0 Å². The zero-order valence-corrected chi connectivity index (χ0v) is 18.3. The molecule has 3 aromatic rings. The Kier molecular flexibility index (Phi) is 6.43. The van der Waals surface area contributed by atoms with E-state index in [0.29, 0.717) is 54.7 Å². The minimum absolute atomic E-state index is 0.00167. The fraction of sp³-hybridized carbons (Fsp3) is 0.364. The molecule has 0 atom stereocenters. The fourth-order valence-corrected chi connectivity index (χ4v) is 3.62. The summed E-state index contributed by atoms with van der Waals surface area (Å²) >= 11 is 0. The van der Waals surface area contributed by atoms with E-state index in [0.717, 1.165) is 0 Å². The molecule has 13 heteroatoms. The zero-order chi connectivity index (χ0) is 25.4. The Morgan fingerprint density at radius 2 is 1.60 bits per heavy atom. The van der Waals surface area contributed by atoms with Crippen molar-refractivity contribution in [2.24, 2.45) is 0 Å². The van der Waals surface area contributed by atoms with Crippen LogP contribution in [0.5, 0.6) is 0 Å². The Bertz CT molecular complexity index is 1170. The molecule has 1 aliphatic rings. The smallest absolute Gasteiger partial charge is 0.353 e. The van der Waals surface area contributed by atoms with E-state index in [1.54, 1.807) is 18.3 Å². The number of aromatic nitrogens is 3. The molecule has 0 bridgehead atoms. The number of anilines is 1. The van der Waals surface area contributed by atoms with Gasteiger partial charge in [0.25, 0.3) is 5.91 Å². The lowest BCUT2D eigenvalue weighted by Crippen LogP contribution is -2.49. The number of hydrogen-bond acceptors (Lipinski definition) is 6. The standard InChI is InChI=1S/C22H19F6N5O2/c1-2-18-30-19(31-35-18)13-3-4-17(29-12-13)32-5-7-33(8-6-32)20(34)14-9-15(21(23,24)25)11-16(10-14)22(26,27)28/h3-4,9-12H,2,5-8H2,1H3. The van der Waals surface area contributed by atoms with Crippen LogP contribution in [0.15, 0.2) is 41.1 Å². The number of carbonyl (C=O) groups is 1. The molecule has 186 valence electrons. The second-order valence-electron chi connectivity index (χ2n) is 7.84. The van der Waals surface area contributed by atoms with E-state index in [1.807, 2.05) is 11.8 Å². The average Bonchev–Trinajstić information content (AvgIpc) is 3.32. The molecule has 4 rings (SSSR count). The molecule has 0 unspecified atom stereocenters. The number of hydrogen-bond donors (Lipinski definition) is 0. The highest BCUT2D eigenvalue weighted by molar-refractivity contribution is 5.95. The van der Waals surface area contributed by atoms with Gasteiger partial charge in [0.2, 0.25) is 11.7 Å². The Balaban J connectivity index is 1.45. The number of rotatable bonds is 4. The summed E-state index contributed by atoms with van der Waals surface area (Å²) in [6.45, 7) is 2.68. The SMILES string of the molecule is CCc1nc(-c2ccc(N3CCN(C(=O)c4cc(C(F)(F)F)cc(C(F)(F)F)c4)CC3)nc2)no1.